The van der Waals surface area contributed by atoms with Crippen LogP contribution in [-0.4, -0.2) is 53.7 Å². The predicted molar refractivity (Wildman–Crippen MR) is 141 cm³/mol. The van der Waals surface area contributed by atoms with Gasteiger partial charge in [0.25, 0.3) is 0 Å². The Kier molecular flexibility index (Phi) is 8.85. The summed E-state index contributed by atoms with van der Waals surface area (Å²) < 4.78 is 19.6. The fraction of sp³-hybridized carbons (Fsp3) is 0.690. The summed E-state index contributed by atoms with van der Waals surface area (Å²) in [6.45, 7) is 9.10. The van der Waals surface area contributed by atoms with Gasteiger partial charge in [0.15, 0.2) is 0 Å². The van der Waals surface area contributed by atoms with Gasteiger partial charge in [0.2, 0.25) is 5.91 Å². The summed E-state index contributed by atoms with van der Waals surface area (Å²) in [5.41, 5.74) is 0.709. The molecule has 0 spiro atoms. The largest absolute Gasteiger partial charge is 0.443 e. The molecular formula is C29H42FN3O6. The maximum Gasteiger partial charge on any atom is 0.408 e. The fourth-order valence-electron chi connectivity index (χ4n) is 7.16. The molecule has 1 aliphatic heterocycles. The molecule has 5 unspecified atom stereocenters. The van der Waals surface area contributed by atoms with Gasteiger partial charge < -0.3 is 20.3 Å². The molecule has 2 fully saturated rings. The van der Waals surface area contributed by atoms with Crippen LogP contribution in [0.3, 0.4) is 0 Å². The summed E-state index contributed by atoms with van der Waals surface area (Å²) in [5, 5.41) is 6.24. The number of benzene rings is 1. The summed E-state index contributed by atoms with van der Waals surface area (Å²) in [5.74, 6) is -0.0482. The van der Waals surface area contributed by atoms with Gasteiger partial charge in [-0.05, 0) is 80.0 Å². The van der Waals surface area contributed by atoms with Crippen molar-refractivity contribution in [2.75, 3.05) is 13.7 Å². The van der Waals surface area contributed by atoms with Gasteiger partial charge in [-0.2, -0.15) is 4.89 Å². The Bertz CT molecular complexity index is 1080. The number of hydrogen-bond acceptors (Lipinski definition) is 7. The van der Waals surface area contributed by atoms with E-state index >= 15 is 0 Å². The van der Waals surface area contributed by atoms with Crippen molar-refractivity contribution in [2.24, 2.45) is 17.8 Å². The van der Waals surface area contributed by atoms with Crippen molar-refractivity contribution in [1.82, 2.24) is 15.5 Å². The van der Waals surface area contributed by atoms with Crippen molar-refractivity contribution in [2.45, 2.75) is 96.5 Å². The molecule has 2 N–H and O–H groups in total. The molecule has 2 amide bonds. The summed E-state index contributed by atoms with van der Waals surface area (Å²) in [6.07, 6.45) is 3.80. The molecule has 1 heterocycles. The third-order valence-electron chi connectivity index (χ3n) is 8.23. The quantitative estimate of drug-likeness (QED) is 0.352. The average molecular weight is 548 g/mol. The maximum atomic E-state index is 13.6. The molecule has 0 saturated heterocycles. The van der Waals surface area contributed by atoms with E-state index in [4.69, 9.17) is 4.74 Å². The molecule has 10 heteroatoms. The van der Waals surface area contributed by atoms with Gasteiger partial charge in [-0.1, -0.05) is 26.8 Å². The van der Waals surface area contributed by atoms with E-state index in [0.29, 0.717) is 44.2 Å². The Morgan fingerprint density at radius 3 is 2.62 bits per heavy atom. The maximum absolute atomic E-state index is 13.6. The minimum Gasteiger partial charge on any atom is -0.443 e. The zero-order chi connectivity index (χ0) is 28.4. The first-order valence-electron chi connectivity index (χ1n) is 13.9. The van der Waals surface area contributed by atoms with Gasteiger partial charge in [-0.3, -0.25) is 9.68 Å². The number of nitrogens with one attached hydrogen (secondary N) is 2. The van der Waals surface area contributed by atoms with Crippen molar-refractivity contribution < 1.29 is 33.3 Å². The SMILES string of the molecule is COOC(=O)C(CC(C)C)NC(=O)OC1(C)CC2CC(C)CC(NCC(=O)N3Cc4ccc(F)cc4C3)(C2)C1. The lowest BCUT2D eigenvalue weighted by Gasteiger charge is -2.54. The molecule has 1 aromatic carbocycles. The minimum absolute atomic E-state index is 0.0325. The number of alkyl carbamates (subject to hydrolysis) is 1. The van der Waals surface area contributed by atoms with Crippen LogP contribution < -0.4 is 10.6 Å². The van der Waals surface area contributed by atoms with E-state index in [1.807, 2.05) is 20.8 Å². The van der Waals surface area contributed by atoms with Gasteiger partial charge in [0, 0.05) is 25.0 Å². The number of nitrogens with zero attached hydrogens (tertiary/aromatic N) is 1. The molecule has 5 atom stereocenters. The second-order valence-corrected chi connectivity index (χ2v) is 12.5. The summed E-state index contributed by atoms with van der Waals surface area (Å²) in [7, 11) is 1.24. The third-order valence-corrected chi connectivity index (χ3v) is 8.23. The molecule has 2 aliphatic carbocycles. The molecule has 216 valence electrons. The minimum atomic E-state index is -0.882. The Labute approximate surface area is 230 Å². The molecule has 39 heavy (non-hydrogen) atoms. The highest BCUT2D eigenvalue weighted by Gasteiger charge is 2.51. The Morgan fingerprint density at radius 2 is 1.90 bits per heavy atom. The first-order valence-corrected chi connectivity index (χ1v) is 13.9. The van der Waals surface area contributed by atoms with Crippen LogP contribution in [0, 0.1) is 23.6 Å². The molecule has 4 rings (SSSR count). The van der Waals surface area contributed by atoms with Crippen molar-refractivity contribution >= 4 is 18.0 Å². The highest BCUT2D eigenvalue weighted by molar-refractivity contribution is 5.81. The van der Waals surface area contributed by atoms with E-state index in [0.717, 1.165) is 30.4 Å². The standard InChI is InChI=1S/C29H42FN3O6/c1-18(2)8-24(26(35)39-37-5)32-27(36)38-28(4)12-20-9-19(3)11-29(13-20,17-28)31-14-25(34)33-15-21-6-7-23(30)10-22(21)16-33/h6-7,10,18-20,24,31H,8-9,11-17H2,1-5H3,(H,32,36). The number of halogens is 1. The summed E-state index contributed by atoms with van der Waals surface area (Å²) in [6, 6.07) is 3.79. The van der Waals surface area contributed by atoms with Gasteiger partial charge in [-0.25, -0.2) is 14.0 Å². The van der Waals surface area contributed by atoms with Crippen LogP contribution in [-0.2, 0) is 37.2 Å². The Balaban J connectivity index is 1.40. The van der Waals surface area contributed by atoms with Crippen LogP contribution >= 0.6 is 0 Å². The molecule has 2 bridgehead atoms. The van der Waals surface area contributed by atoms with Crippen molar-refractivity contribution in [1.29, 1.82) is 0 Å². The molecule has 3 aliphatic rings. The Morgan fingerprint density at radius 1 is 1.15 bits per heavy atom. The Hall–Kier alpha value is -2.72. The van der Waals surface area contributed by atoms with Crippen LogP contribution in [0.25, 0.3) is 0 Å². The monoisotopic (exact) mass is 547 g/mol. The molecule has 0 radical (unpaired) electrons. The number of carbonyl (C=O) groups excluding carboxylic acids is 3. The second-order valence-electron chi connectivity index (χ2n) is 12.5. The van der Waals surface area contributed by atoms with Crippen LogP contribution in [0.15, 0.2) is 18.2 Å². The second kappa shape index (κ2) is 11.8. The normalized spacial score (nSPS) is 28.5. The average Bonchev–Trinajstić information content (AvgIpc) is 3.24. The number of rotatable bonds is 9. The molecule has 1 aromatic rings. The number of carbonyl (C=O) groups is 3. The van der Waals surface area contributed by atoms with E-state index < -0.39 is 23.7 Å². The molecule has 2 saturated carbocycles. The van der Waals surface area contributed by atoms with E-state index in [2.05, 4.69) is 27.3 Å². The number of amides is 2. The van der Waals surface area contributed by atoms with Crippen molar-refractivity contribution in [3.63, 3.8) is 0 Å². The van der Waals surface area contributed by atoms with Gasteiger partial charge >= 0.3 is 12.1 Å². The third kappa shape index (κ3) is 7.28. The first-order chi connectivity index (χ1) is 18.4. The highest BCUT2D eigenvalue weighted by atomic mass is 19.1. The smallest absolute Gasteiger partial charge is 0.408 e. The number of hydrogen-bond donors (Lipinski definition) is 2. The van der Waals surface area contributed by atoms with Crippen LogP contribution in [0.1, 0.15) is 77.3 Å². The van der Waals surface area contributed by atoms with Crippen LogP contribution in [0.4, 0.5) is 9.18 Å². The first kappa shape index (κ1) is 29.3. The van der Waals surface area contributed by atoms with Gasteiger partial charge in [0.05, 0.1) is 13.7 Å². The van der Waals surface area contributed by atoms with E-state index in [1.165, 1.54) is 19.2 Å². The van der Waals surface area contributed by atoms with E-state index in [9.17, 15) is 18.8 Å². The molecule has 9 nitrogen and oxygen atoms in total. The summed E-state index contributed by atoms with van der Waals surface area (Å²) in [4.78, 5) is 49.4. The van der Waals surface area contributed by atoms with Gasteiger partial charge in [0.1, 0.15) is 17.5 Å². The lowest BCUT2D eigenvalue weighted by molar-refractivity contribution is -0.257. The topological polar surface area (TPSA) is 106 Å². The molecule has 0 aromatic heterocycles. The highest BCUT2D eigenvalue weighted by Crippen LogP contribution is 2.50. The van der Waals surface area contributed by atoms with Gasteiger partial charge in [-0.15, -0.1) is 0 Å². The van der Waals surface area contributed by atoms with Crippen LogP contribution in [0.5, 0.6) is 0 Å². The molecular weight excluding hydrogens is 505 g/mol. The lowest BCUT2D eigenvalue weighted by Crippen LogP contribution is -2.61. The van der Waals surface area contributed by atoms with E-state index in [-0.39, 0.29) is 29.7 Å². The zero-order valence-electron chi connectivity index (χ0n) is 23.7. The van der Waals surface area contributed by atoms with Crippen molar-refractivity contribution in [3.05, 3.63) is 35.1 Å². The summed E-state index contributed by atoms with van der Waals surface area (Å²) >= 11 is 0. The lowest BCUT2D eigenvalue weighted by atomic mass is 9.59. The zero-order valence-corrected chi connectivity index (χ0v) is 23.7. The van der Waals surface area contributed by atoms with E-state index in [1.54, 1.807) is 11.0 Å². The van der Waals surface area contributed by atoms with Crippen LogP contribution in [0.2, 0.25) is 0 Å². The number of ether oxygens (including phenoxy) is 1. The fourth-order valence-corrected chi connectivity index (χ4v) is 7.16. The predicted octanol–water partition coefficient (Wildman–Crippen LogP) is 4.23. The van der Waals surface area contributed by atoms with Crippen molar-refractivity contribution in [3.8, 4) is 0 Å². The number of fused-ring (bicyclic) bond motifs is 3.